The lowest BCUT2D eigenvalue weighted by Gasteiger charge is -2.15. The SMILES string of the molecule is COc1cccc2c(C)cc(=O)n(CC(=O)Nc3c(C#N)cnn3C)c12. The van der Waals surface area contributed by atoms with Gasteiger partial charge in [0.25, 0.3) is 5.56 Å². The van der Waals surface area contributed by atoms with Gasteiger partial charge < -0.3 is 10.1 Å². The minimum absolute atomic E-state index is 0.216. The quantitative estimate of drug-likeness (QED) is 0.768. The number of ether oxygens (including phenoxy) is 1. The summed E-state index contributed by atoms with van der Waals surface area (Å²) in [5, 5.41) is 16.5. The molecule has 0 bridgehead atoms. The van der Waals surface area contributed by atoms with Gasteiger partial charge in [-0.2, -0.15) is 10.4 Å². The molecule has 0 aliphatic heterocycles. The number of nitriles is 1. The number of rotatable bonds is 4. The first-order valence-corrected chi connectivity index (χ1v) is 7.85. The first-order valence-electron chi connectivity index (χ1n) is 7.85. The van der Waals surface area contributed by atoms with Crippen LogP contribution in [0.3, 0.4) is 0 Å². The Balaban J connectivity index is 2.04. The van der Waals surface area contributed by atoms with Crippen LogP contribution in [0.25, 0.3) is 10.9 Å². The molecule has 0 spiro atoms. The molecule has 0 saturated heterocycles. The predicted molar refractivity (Wildman–Crippen MR) is 96.0 cm³/mol. The second-order valence-corrected chi connectivity index (χ2v) is 5.80. The number of para-hydroxylation sites is 1. The van der Waals surface area contributed by atoms with Crippen LogP contribution in [0, 0.1) is 18.3 Å². The number of amides is 1. The van der Waals surface area contributed by atoms with Crippen LogP contribution < -0.4 is 15.6 Å². The van der Waals surface area contributed by atoms with Crippen molar-refractivity contribution in [3.8, 4) is 11.8 Å². The van der Waals surface area contributed by atoms with E-state index in [4.69, 9.17) is 10.00 Å². The fraction of sp³-hybridized carbons (Fsp3) is 0.222. The van der Waals surface area contributed by atoms with E-state index in [1.807, 2.05) is 25.1 Å². The van der Waals surface area contributed by atoms with E-state index in [1.165, 1.54) is 28.6 Å². The lowest BCUT2D eigenvalue weighted by atomic mass is 10.1. The average molecular weight is 351 g/mol. The molecule has 3 rings (SSSR count). The summed E-state index contributed by atoms with van der Waals surface area (Å²) in [5.74, 6) is 0.353. The number of fused-ring (bicyclic) bond motifs is 1. The van der Waals surface area contributed by atoms with Gasteiger partial charge in [0.1, 0.15) is 29.7 Å². The molecule has 1 N–H and O–H groups in total. The van der Waals surface area contributed by atoms with Gasteiger partial charge in [-0.15, -0.1) is 0 Å². The van der Waals surface area contributed by atoms with Crippen molar-refractivity contribution >= 4 is 22.6 Å². The van der Waals surface area contributed by atoms with Gasteiger partial charge in [0.15, 0.2) is 0 Å². The maximum Gasteiger partial charge on any atom is 0.251 e. The van der Waals surface area contributed by atoms with Crippen LogP contribution in [-0.2, 0) is 18.4 Å². The van der Waals surface area contributed by atoms with Gasteiger partial charge in [-0.3, -0.25) is 18.8 Å². The summed E-state index contributed by atoms with van der Waals surface area (Å²) in [4.78, 5) is 25.0. The second-order valence-electron chi connectivity index (χ2n) is 5.80. The zero-order valence-electron chi connectivity index (χ0n) is 14.6. The van der Waals surface area contributed by atoms with Crippen molar-refractivity contribution in [2.45, 2.75) is 13.5 Å². The summed E-state index contributed by atoms with van der Waals surface area (Å²) in [6.45, 7) is 1.62. The molecule has 0 radical (unpaired) electrons. The number of nitrogens with zero attached hydrogens (tertiary/aromatic N) is 4. The van der Waals surface area contributed by atoms with Crippen LogP contribution >= 0.6 is 0 Å². The Bertz CT molecular complexity index is 1100. The van der Waals surface area contributed by atoms with Crippen LogP contribution in [0.2, 0.25) is 0 Å². The molecular formula is C18H17N5O3. The van der Waals surface area contributed by atoms with E-state index in [0.717, 1.165) is 10.9 Å². The van der Waals surface area contributed by atoms with E-state index < -0.39 is 5.91 Å². The molecule has 132 valence electrons. The molecule has 1 amide bonds. The average Bonchev–Trinajstić information content (AvgIpc) is 2.97. The molecule has 2 heterocycles. The van der Waals surface area contributed by atoms with Crippen LogP contribution in [0.5, 0.6) is 5.75 Å². The summed E-state index contributed by atoms with van der Waals surface area (Å²) in [6.07, 6.45) is 1.37. The third-order valence-corrected chi connectivity index (χ3v) is 4.14. The number of aryl methyl sites for hydroxylation is 2. The lowest BCUT2D eigenvalue weighted by molar-refractivity contribution is -0.116. The maximum absolute atomic E-state index is 12.5. The number of pyridine rings is 1. The fourth-order valence-corrected chi connectivity index (χ4v) is 2.87. The summed E-state index contributed by atoms with van der Waals surface area (Å²) in [5.41, 5.74) is 1.30. The largest absolute Gasteiger partial charge is 0.495 e. The number of aromatic nitrogens is 3. The number of carbonyl (C=O) groups is 1. The van der Waals surface area contributed by atoms with Crippen LogP contribution in [-0.4, -0.2) is 27.4 Å². The smallest absolute Gasteiger partial charge is 0.251 e. The highest BCUT2D eigenvalue weighted by atomic mass is 16.5. The van der Waals surface area contributed by atoms with Crippen molar-refractivity contribution in [1.82, 2.24) is 14.3 Å². The van der Waals surface area contributed by atoms with Crippen LogP contribution in [0.15, 0.2) is 35.3 Å². The monoisotopic (exact) mass is 351 g/mol. The molecule has 0 aliphatic rings. The number of hydrogen-bond donors (Lipinski definition) is 1. The van der Waals surface area contributed by atoms with Crippen molar-refractivity contribution in [3.05, 3.63) is 51.9 Å². The molecular weight excluding hydrogens is 334 g/mol. The number of anilines is 1. The Morgan fingerprint density at radius 1 is 1.42 bits per heavy atom. The van der Waals surface area contributed by atoms with Crippen molar-refractivity contribution in [2.24, 2.45) is 7.05 Å². The van der Waals surface area contributed by atoms with E-state index in [2.05, 4.69) is 10.4 Å². The Labute approximate surface area is 149 Å². The zero-order chi connectivity index (χ0) is 18.8. The molecule has 1 aromatic carbocycles. The zero-order valence-corrected chi connectivity index (χ0v) is 14.6. The van der Waals surface area contributed by atoms with Gasteiger partial charge in [0, 0.05) is 18.5 Å². The molecule has 2 aromatic heterocycles. The predicted octanol–water partition coefficient (Wildman–Crippen LogP) is 1.56. The fourth-order valence-electron chi connectivity index (χ4n) is 2.87. The molecule has 3 aromatic rings. The van der Waals surface area contributed by atoms with Gasteiger partial charge in [-0.05, 0) is 18.6 Å². The number of nitrogens with one attached hydrogen (secondary N) is 1. The van der Waals surface area contributed by atoms with Crippen molar-refractivity contribution in [2.75, 3.05) is 12.4 Å². The molecule has 0 atom stereocenters. The van der Waals surface area contributed by atoms with Gasteiger partial charge in [0.05, 0.1) is 18.8 Å². The minimum atomic E-state index is -0.441. The van der Waals surface area contributed by atoms with Gasteiger partial charge >= 0.3 is 0 Å². The van der Waals surface area contributed by atoms with Gasteiger partial charge in [-0.25, -0.2) is 0 Å². The van der Waals surface area contributed by atoms with E-state index in [9.17, 15) is 9.59 Å². The van der Waals surface area contributed by atoms with Crippen molar-refractivity contribution in [1.29, 1.82) is 5.26 Å². The van der Waals surface area contributed by atoms with E-state index in [-0.39, 0.29) is 23.5 Å². The first-order chi connectivity index (χ1) is 12.5. The first kappa shape index (κ1) is 17.2. The minimum Gasteiger partial charge on any atom is -0.495 e. The standard InChI is InChI=1S/C18H17N5O3/c1-11-7-16(25)23(17-13(11)5-4-6-14(17)26-3)10-15(24)21-18-12(8-19)9-20-22(18)2/h4-7,9H,10H2,1-3H3,(H,21,24). The lowest BCUT2D eigenvalue weighted by Crippen LogP contribution is -2.28. The van der Waals surface area contributed by atoms with Gasteiger partial charge in [-0.1, -0.05) is 12.1 Å². The van der Waals surface area contributed by atoms with Crippen LogP contribution in [0.1, 0.15) is 11.1 Å². The summed E-state index contributed by atoms with van der Waals surface area (Å²) < 4.78 is 8.13. The number of hydrogen-bond acceptors (Lipinski definition) is 5. The Kier molecular flexibility index (Phi) is 4.45. The van der Waals surface area contributed by atoms with Gasteiger partial charge in [0.2, 0.25) is 5.91 Å². The Morgan fingerprint density at radius 3 is 2.88 bits per heavy atom. The summed E-state index contributed by atoms with van der Waals surface area (Å²) in [7, 11) is 3.13. The third-order valence-electron chi connectivity index (χ3n) is 4.14. The maximum atomic E-state index is 12.5. The number of benzene rings is 1. The van der Waals surface area contributed by atoms with Crippen LogP contribution in [0.4, 0.5) is 5.82 Å². The molecule has 26 heavy (non-hydrogen) atoms. The molecule has 0 aliphatic carbocycles. The molecule has 0 fully saturated rings. The Morgan fingerprint density at radius 2 is 2.19 bits per heavy atom. The highest BCUT2D eigenvalue weighted by Gasteiger charge is 2.16. The molecule has 0 saturated carbocycles. The summed E-state index contributed by atoms with van der Waals surface area (Å²) >= 11 is 0. The summed E-state index contributed by atoms with van der Waals surface area (Å²) in [6, 6.07) is 8.89. The highest BCUT2D eigenvalue weighted by Crippen LogP contribution is 2.26. The van der Waals surface area contributed by atoms with E-state index in [1.54, 1.807) is 13.1 Å². The van der Waals surface area contributed by atoms with Crippen molar-refractivity contribution in [3.63, 3.8) is 0 Å². The Hall–Kier alpha value is -3.60. The number of methoxy groups -OCH3 is 1. The highest BCUT2D eigenvalue weighted by molar-refractivity contribution is 5.93. The molecule has 8 heteroatoms. The topological polar surface area (TPSA) is 102 Å². The third kappa shape index (κ3) is 2.91. The second kappa shape index (κ2) is 6.72. The molecule has 0 unspecified atom stereocenters. The molecule has 8 nitrogen and oxygen atoms in total. The number of carbonyl (C=O) groups excluding carboxylic acids is 1. The van der Waals surface area contributed by atoms with E-state index in [0.29, 0.717) is 11.3 Å². The van der Waals surface area contributed by atoms with E-state index >= 15 is 0 Å². The normalized spacial score (nSPS) is 10.5. The van der Waals surface area contributed by atoms with Crippen molar-refractivity contribution < 1.29 is 9.53 Å².